The van der Waals surface area contributed by atoms with E-state index in [1.165, 1.54) is 10.7 Å². The number of amides is 1. The van der Waals surface area contributed by atoms with Crippen molar-refractivity contribution in [3.05, 3.63) is 23.8 Å². The molecule has 106 valence electrons. The van der Waals surface area contributed by atoms with Crippen molar-refractivity contribution < 1.29 is 14.7 Å². The normalized spacial score (nSPS) is 12.6. The summed E-state index contributed by atoms with van der Waals surface area (Å²) in [5, 5.41) is 19.7. The summed E-state index contributed by atoms with van der Waals surface area (Å²) in [5.41, 5.74) is 0.880. The van der Waals surface area contributed by atoms with Gasteiger partial charge in [-0.15, -0.1) is 5.10 Å². The number of carbonyl (C=O) groups is 2. The first-order chi connectivity index (χ1) is 9.41. The number of nitrogens with one attached hydrogen (secondary N) is 1. The summed E-state index contributed by atoms with van der Waals surface area (Å²) in [4.78, 5) is 23.1. The van der Waals surface area contributed by atoms with Crippen molar-refractivity contribution in [1.82, 2.24) is 20.3 Å². The molecule has 1 heterocycles. The van der Waals surface area contributed by atoms with Crippen molar-refractivity contribution >= 4 is 22.9 Å². The van der Waals surface area contributed by atoms with Gasteiger partial charge in [0.1, 0.15) is 11.6 Å². The van der Waals surface area contributed by atoms with Crippen molar-refractivity contribution in [2.45, 2.75) is 32.9 Å². The third-order valence-corrected chi connectivity index (χ3v) is 2.91. The van der Waals surface area contributed by atoms with E-state index >= 15 is 0 Å². The Morgan fingerprint density at radius 1 is 1.30 bits per heavy atom. The van der Waals surface area contributed by atoms with Gasteiger partial charge < -0.3 is 10.4 Å². The Bertz CT molecular complexity index is 663. The van der Waals surface area contributed by atoms with Gasteiger partial charge in [-0.05, 0) is 32.9 Å². The number of aromatic carboxylic acids is 1. The topological polar surface area (TPSA) is 97.1 Å². The molecule has 0 radical (unpaired) electrons. The first kappa shape index (κ1) is 14.0. The highest BCUT2D eigenvalue weighted by molar-refractivity contribution is 6.00. The Morgan fingerprint density at radius 3 is 2.60 bits per heavy atom. The molecule has 1 aromatic heterocycles. The minimum atomic E-state index is -1.07. The number of carboxylic acid groups (broad SMARTS) is 1. The molecule has 7 heteroatoms. The molecule has 1 atom stereocenters. The van der Waals surface area contributed by atoms with E-state index < -0.39 is 12.0 Å². The highest BCUT2D eigenvalue weighted by Gasteiger charge is 2.21. The maximum Gasteiger partial charge on any atom is 0.338 e. The van der Waals surface area contributed by atoms with E-state index in [2.05, 4.69) is 15.6 Å². The van der Waals surface area contributed by atoms with Crippen molar-refractivity contribution in [2.75, 3.05) is 0 Å². The Hall–Kier alpha value is -2.44. The van der Waals surface area contributed by atoms with Crippen LogP contribution in [0, 0.1) is 0 Å². The monoisotopic (exact) mass is 276 g/mol. The number of carboxylic acids is 1. The van der Waals surface area contributed by atoms with Gasteiger partial charge in [0.05, 0.1) is 11.1 Å². The predicted octanol–water partition coefficient (Wildman–Crippen LogP) is 1.22. The lowest BCUT2D eigenvalue weighted by atomic mass is 10.2. The van der Waals surface area contributed by atoms with Gasteiger partial charge in [0.15, 0.2) is 0 Å². The van der Waals surface area contributed by atoms with Crippen LogP contribution in [0.3, 0.4) is 0 Å². The maximum atomic E-state index is 12.0. The van der Waals surface area contributed by atoms with Crippen LogP contribution in [0.4, 0.5) is 0 Å². The molecule has 0 aliphatic carbocycles. The Kier molecular flexibility index (Phi) is 3.69. The van der Waals surface area contributed by atoms with Crippen molar-refractivity contribution in [3.8, 4) is 0 Å². The van der Waals surface area contributed by atoms with Crippen LogP contribution in [-0.2, 0) is 4.79 Å². The molecule has 20 heavy (non-hydrogen) atoms. The molecule has 1 amide bonds. The van der Waals surface area contributed by atoms with Gasteiger partial charge >= 0.3 is 5.97 Å². The van der Waals surface area contributed by atoms with Crippen molar-refractivity contribution in [2.24, 2.45) is 0 Å². The van der Waals surface area contributed by atoms with Gasteiger partial charge in [-0.25, -0.2) is 9.48 Å². The van der Waals surface area contributed by atoms with Crippen molar-refractivity contribution in [3.63, 3.8) is 0 Å². The van der Waals surface area contributed by atoms with E-state index in [1.807, 2.05) is 13.8 Å². The van der Waals surface area contributed by atoms with Crippen LogP contribution in [0.15, 0.2) is 18.2 Å². The van der Waals surface area contributed by atoms with Gasteiger partial charge in [-0.2, -0.15) is 0 Å². The molecule has 0 saturated heterocycles. The van der Waals surface area contributed by atoms with Crippen LogP contribution < -0.4 is 5.32 Å². The largest absolute Gasteiger partial charge is 0.478 e. The minimum absolute atomic E-state index is 0.0225. The number of hydrogen-bond acceptors (Lipinski definition) is 4. The third-order valence-electron chi connectivity index (χ3n) is 2.91. The molecule has 2 aromatic rings. The second-order valence-corrected chi connectivity index (χ2v) is 4.85. The van der Waals surface area contributed by atoms with E-state index in [0.29, 0.717) is 5.52 Å². The second-order valence-electron chi connectivity index (χ2n) is 4.85. The summed E-state index contributed by atoms with van der Waals surface area (Å²) < 4.78 is 1.43. The summed E-state index contributed by atoms with van der Waals surface area (Å²) in [6.45, 7) is 5.43. The molecular weight excluding hydrogens is 260 g/mol. The van der Waals surface area contributed by atoms with Crippen LogP contribution in [0.1, 0.15) is 37.2 Å². The summed E-state index contributed by atoms with van der Waals surface area (Å²) in [6, 6.07) is 4.23. The van der Waals surface area contributed by atoms with Crippen LogP contribution in [0.5, 0.6) is 0 Å². The van der Waals surface area contributed by atoms with Gasteiger partial charge in [0.25, 0.3) is 0 Å². The van der Waals surface area contributed by atoms with Crippen LogP contribution >= 0.6 is 0 Å². The molecule has 0 aliphatic rings. The average molecular weight is 276 g/mol. The van der Waals surface area contributed by atoms with E-state index in [1.54, 1.807) is 19.1 Å². The zero-order chi connectivity index (χ0) is 14.9. The summed E-state index contributed by atoms with van der Waals surface area (Å²) in [7, 11) is 0. The number of rotatable bonds is 4. The summed E-state index contributed by atoms with van der Waals surface area (Å²) in [6.07, 6.45) is 0. The molecule has 0 aliphatic heterocycles. The number of nitrogens with zero attached hydrogens (tertiary/aromatic N) is 3. The third kappa shape index (κ3) is 2.47. The van der Waals surface area contributed by atoms with Crippen LogP contribution in [-0.4, -0.2) is 38.0 Å². The van der Waals surface area contributed by atoms with Crippen LogP contribution in [0.2, 0.25) is 0 Å². The number of benzene rings is 1. The maximum absolute atomic E-state index is 12.0. The standard InChI is InChI=1S/C13H16N4O3/c1-7(2)14-12(18)8(3)17-10-6-4-5-9(13(19)20)11(10)15-16-17/h4-8H,1-3H3,(H,14,18)(H,19,20). The quantitative estimate of drug-likeness (QED) is 0.875. The molecule has 0 spiro atoms. The van der Waals surface area contributed by atoms with Gasteiger partial charge in [-0.1, -0.05) is 11.3 Å². The van der Waals surface area contributed by atoms with Crippen LogP contribution in [0.25, 0.3) is 11.0 Å². The zero-order valence-electron chi connectivity index (χ0n) is 11.5. The van der Waals surface area contributed by atoms with Gasteiger partial charge in [0.2, 0.25) is 5.91 Å². The minimum Gasteiger partial charge on any atom is -0.478 e. The smallest absolute Gasteiger partial charge is 0.338 e. The number of fused-ring (bicyclic) bond motifs is 1. The number of aromatic nitrogens is 3. The SMILES string of the molecule is CC(C)NC(=O)C(C)n1nnc2c(C(=O)O)cccc21. The van der Waals surface area contributed by atoms with E-state index in [9.17, 15) is 9.59 Å². The molecule has 7 nitrogen and oxygen atoms in total. The predicted molar refractivity (Wildman–Crippen MR) is 72.5 cm³/mol. The zero-order valence-corrected chi connectivity index (χ0v) is 11.5. The number of carbonyl (C=O) groups excluding carboxylic acids is 1. The fourth-order valence-electron chi connectivity index (χ4n) is 1.94. The highest BCUT2D eigenvalue weighted by Crippen LogP contribution is 2.19. The molecule has 2 N–H and O–H groups in total. The summed E-state index contributed by atoms with van der Waals surface area (Å²) >= 11 is 0. The lowest BCUT2D eigenvalue weighted by Crippen LogP contribution is -2.36. The number of hydrogen-bond donors (Lipinski definition) is 2. The molecule has 0 saturated carbocycles. The van der Waals surface area contributed by atoms with E-state index in [4.69, 9.17) is 5.11 Å². The molecule has 0 fully saturated rings. The molecule has 1 aromatic carbocycles. The Balaban J connectivity index is 2.44. The first-order valence-electron chi connectivity index (χ1n) is 6.29. The fraction of sp³-hybridized carbons (Fsp3) is 0.385. The molecule has 1 unspecified atom stereocenters. The Labute approximate surface area is 115 Å². The fourth-order valence-corrected chi connectivity index (χ4v) is 1.94. The summed E-state index contributed by atoms with van der Waals surface area (Å²) in [5.74, 6) is -1.26. The first-order valence-corrected chi connectivity index (χ1v) is 6.29. The highest BCUT2D eigenvalue weighted by atomic mass is 16.4. The van der Waals surface area contributed by atoms with Gasteiger partial charge in [0, 0.05) is 6.04 Å². The molecule has 0 bridgehead atoms. The second kappa shape index (κ2) is 5.28. The van der Waals surface area contributed by atoms with Crippen molar-refractivity contribution in [1.29, 1.82) is 0 Å². The lowest BCUT2D eigenvalue weighted by Gasteiger charge is -2.15. The lowest BCUT2D eigenvalue weighted by molar-refractivity contribution is -0.124. The molecule has 2 rings (SSSR count). The van der Waals surface area contributed by atoms with E-state index in [0.717, 1.165) is 0 Å². The average Bonchev–Trinajstić information content (AvgIpc) is 2.80. The Morgan fingerprint density at radius 2 is 2.00 bits per heavy atom. The van der Waals surface area contributed by atoms with E-state index in [-0.39, 0.29) is 23.0 Å². The molecular formula is C13H16N4O3. The van der Waals surface area contributed by atoms with Gasteiger partial charge in [-0.3, -0.25) is 4.79 Å².